The van der Waals surface area contributed by atoms with E-state index in [1.54, 1.807) is 19.0 Å². The molecule has 1 aromatic carbocycles. The van der Waals surface area contributed by atoms with Crippen LogP contribution < -0.4 is 11.0 Å². The number of hydrogen-bond acceptors (Lipinski definition) is 6. The molecule has 0 bridgehead atoms. The maximum atomic E-state index is 13.1. The molecule has 1 N–H and O–H groups in total. The molecule has 0 spiro atoms. The van der Waals surface area contributed by atoms with Gasteiger partial charge in [0, 0.05) is 40.0 Å². The molecular formula is C29H39N5O5. The minimum atomic E-state index is -0.714. The number of likely N-dealkylation sites (tertiary alicyclic amines) is 1. The molecule has 2 fully saturated rings. The number of nitrogens with zero attached hydrogens (tertiary/aromatic N) is 4. The first-order valence-electron chi connectivity index (χ1n) is 13.6. The Kier molecular flexibility index (Phi) is 8.50. The minimum absolute atomic E-state index is 0.205. The standard InChI is InChI=1S/C29H39N5O5/c1-29(2,3)39-28(38)31(4)19-20-14-17-33(18-15-20)16-7-6-9-21-10-8-11-22-25(21)32(5)27(37)34(22)23-12-13-24(35)30-26(23)36/h8,10-11,20,23H,7,12-19H2,1-5H3,(H,30,35,36). The number of aryl methyl sites for hydroxylation is 1. The van der Waals surface area contributed by atoms with Crippen LogP contribution in [-0.2, 0) is 21.4 Å². The first kappa shape index (κ1) is 28.4. The first-order valence-corrected chi connectivity index (χ1v) is 13.6. The lowest BCUT2D eigenvalue weighted by Gasteiger charge is -2.34. The number of nitrogens with one attached hydrogen (secondary N) is 1. The van der Waals surface area contributed by atoms with E-state index in [1.165, 1.54) is 9.13 Å². The van der Waals surface area contributed by atoms with Gasteiger partial charge in [0.15, 0.2) is 0 Å². The predicted molar refractivity (Wildman–Crippen MR) is 148 cm³/mol. The fraction of sp³-hybridized carbons (Fsp3) is 0.586. The van der Waals surface area contributed by atoms with Crippen molar-refractivity contribution in [1.29, 1.82) is 0 Å². The van der Waals surface area contributed by atoms with Crippen LogP contribution in [0.4, 0.5) is 4.79 Å². The molecular weight excluding hydrogens is 498 g/mol. The van der Waals surface area contributed by atoms with Gasteiger partial charge in [-0.25, -0.2) is 9.59 Å². The smallest absolute Gasteiger partial charge is 0.410 e. The van der Waals surface area contributed by atoms with Gasteiger partial charge >= 0.3 is 11.8 Å². The summed E-state index contributed by atoms with van der Waals surface area (Å²) in [5.74, 6) is 6.19. The summed E-state index contributed by atoms with van der Waals surface area (Å²) in [5, 5.41) is 2.34. The molecule has 1 unspecified atom stereocenters. The van der Waals surface area contributed by atoms with E-state index in [1.807, 2.05) is 39.0 Å². The Bertz CT molecular complexity index is 1360. The van der Waals surface area contributed by atoms with E-state index >= 15 is 0 Å². The molecule has 3 heterocycles. The van der Waals surface area contributed by atoms with E-state index in [-0.39, 0.29) is 24.1 Å². The van der Waals surface area contributed by atoms with Crippen LogP contribution in [0.25, 0.3) is 11.0 Å². The largest absolute Gasteiger partial charge is 0.444 e. The molecule has 2 aromatic rings. The number of carbonyl (C=O) groups excluding carboxylic acids is 3. The molecule has 10 heteroatoms. The van der Waals surface area contributed by atoms with E-state index < -0.39 is 17.6 Å². The van der Waals surface area contributed by atoms with Gasteiger partial charge in [0.2, 0.25) is 11.8 Å². The fourth-order valence-electron chi connectivity index (χ4n) is 5.34. The van der Waals surface area contributed by atoms with Gasteiger partial charge in [0.05, 0.1) is 16.6 Å². The van der Waals surface area contributed by atoms with Crippen LogP contribution in [0.2, 0.25) is 0 Å². The number of rotatable bonds is 5. The Morgan fingerprint density at radius 3 is 2.54 bits per heavy atom. The van der Waals surface area contributed by atoms with E-state index in [0.717, 1.165) is 38.0 Å². The van der Waals surface area contributed by atoms with E-state index in [4.69, 9.17) is 4.74 Å². The molecule has 0 aliphatic carbocycles. The number of amides is 3. The number of aromatic nitrogens is 2. The van der Waals surface area contributed by atoms with Crippen molar-refractivity contribution < 1.29 is 19.1 Å². The molecule has 4 rings (SSSR count). The van der Waals surface area contributed by atoms with Crippen LogP contribution in [0.5, 0.6) is 0 Å². The van der Waals surface area contributed by atoms with Crippen molar-refractivity contribution in [3.8, 4) is 11.8 Å². The number of benzene rings is 1. The predicted octanol–water partition coefficient (Wildman–Crippen LogP) is 2.64. The monoisotopic (exact) mass is 537 g/mol. The number of hydrogen-bond donors (Lipinski definition) is 1. The van der Waals surface area contributed by atoms with Gasteiger partial charge in [0.25, 0.3) is 0 Å². The van der Waals surface area contributed by atoms with Crippen LogP contribution in [0.1, 0.15) is 64.5 Å². The van der Waals surface area contributed by atoms with E-state index in [9.17, 15) is 19.2 Å². The normalized spacial score (nSPS) is 18.9. The lowest BCUT2D eigenvalue weighted by atomic mass is 9.96. The number of para-hydroxylation sites is 1. The van der Waals surface area contributed by atoms with Crippen molar-refractivity contribution in [3.63, 3.8) is 0 Å². The number of piperidine rings is 2. The number of imide groups is 1. The van der Waals surface area contributed by atoms with Gasteiger partial charge < -0.3 is 14.5 Å². The SMILES string of the molecule is CN(CC1CCN(CCC#Cc2cccc3c2n(C)c(=O)n3C2CCC(=O)NC2=O)CC1)C(=O)OC(C)(C)C. The molecule has 2 saturated heterocycles. The van der Waals surface area contributed by atoms with Gasteiger partial charge in [-0.15, -0.1) is 0 Å². The average molecular weight is 538 g/mol. The molecule has 1 atom stereocenters. The fourth-order valence-corrected chi connectivity index (χ4v) is 5.34. The highest BCUT2D eigenvalue weighted by Gasteiger charge is 2.31. The maximum absolute atomic E-state index is 13.1. The van der Waals surface area contributed by atoms with E-state index in [0.29, 0.717) is 36.3 Å². The second kappa shape index (κ2) is 11.7. The van der Waals surface area contributed by atoms with Crippen molar-refractivity contribution in [1.82, 2.24) is 24.3 Å². The zero-order chi connectivity index (χ0) is 28.3. The van der Waals surface area contributed by atoms with Gasteiger partial charge in [-0.2, -0.15) is 0 Å². The molecule has 39 heavy (non-hydrogen) atoms. The van der Waals surface area contributed by atoms with Crippen LogP contribution in [-0.4, -0.2) is 75.7 Å². The Balaban J connectivity index is 1.34. The zero-order valence-corrected chi connectivity index (χ0v) is 23.6. The summed E-state index contributed by atoms with van der Waals surface area (Å²) in [6.45, 7) is 9.11. The molecule has 0 saturated carbocycles. The summed E-state index contributed by atoms with van der Waals surface area (Å²) in [4.78, 5) is 53.4. The lowest BCUT2D eigenvalue weighted by molar-refractivity contribution is -0.135. The summed E-state index contributed by atoms with van der Waals surface area (Å²) in [6.07, 6.45) is 2.97. The molecule has 1 aromatic heterocycles. The van der Waals surface area contributed by atoms with Gasteiger partial charge in [-0.05, 0) is 71.2 Å². The van der Waals surface area contributed by atoms with Crippen LogP contribution >= 0.6 is 0 Å². The Hall–Kier alpha value is -3.58. The number of ether oxygens (including phenoxy) is 1. The number of carbonyl (C=O) groups is 3. The Labute approximate surface area is 229 Å². The Morgan fingerprint density at radius 2 is 1.87 bits per heavy atom. The third kappa shape index (κ3) is 6.71. The summed E-state index contributed by atoms with van der Waals surface area (Å²) in [5.41, 5.74) is 1.28. The average Bonchev–Trinajstić information content (AvgIpc) is 3.12. The third-order valence-electron chi connectivity index (χ3n) is 7.34. The quantitative estimate of drug-likeness (QED) is 0.464. The van der Waals surface area contributed by atoms with Crippen LogP contribution in [0.15, 0.2) is 23.0 Å². The highest BCUT2D eigenvalue weighted by molar-refractivity contribution is 6.00. The van der Waals surface area contributed by atoms with Crippen LogP contribution in [0.3, 0.4) is 0 Å². The third-order valence-corrected chi connectivity index (χ3v) is 7.34. The summed E-state index contributed by atoms with van der Waals surface area (Å²) in [6, 6.07) is 4.83. The highest BCUT2D eigenvalue weighted by Crippen LogP contribution is 2.25. The maximum Gasteiger partial charge on any atom is 0.410 e. The first-order chi connectivity index (χ1) is 18.4. The topological polar surface area (TPSA) is 106 Å². The molecule has 10 nitrogen and oxygen atoms in total. The van der Waals surface area contributed by atoms with Gasteiger partial charge in [-0.3, -0.25) is 24.0 Å². The number of imidazole rings is 1. The van der Waals surface area contributed by atoms with E-state index in [2.05, 4.69) is 22.1 Å². The number of fused-ring (bicyclic) bond motifs is 1. The second-order valence-corrected chi connectivity index (χ2v) is 11.5. The van der Waals surface area contributed by atoms with Crippen LogP contribution in [0, 0.1) is 17.8 Å². The zero-order valence-electron chi connectivity index (χ0n) is 23.6. The van der Waals surface area contributed by atoms with Crippen molar-refractivity contribution in [2.45, 2.75) is 64.5 Å². The van der Waals surface area contributed by atoms with Crippen molar-refractivity contribution >= 4 is 28.9 Å². The summed E-state index contributed by atoms with van der Waals surface area (Å²) < 4.78 is 8.47. The lowest BCUT2D eigenvalue weighted by Crippen LogP contribution is -2.44. The van der Waals surface area contributed by atoms with Crippen molar-refractivity contribution in [3.05, 3.63) is 34.2 Å². The molecule has 3 amide bonds. The molecule has 210 valence electrons. The highest BCUT2D eigenvalue weighted by atomic mass is 16.6. The van der Waals surface area contributed by atoms with Gasteiger partial charge in [-0.1, -0.05) is 17.9 Å². The molecule has 2 aliphatic heterocycles. The molecule has 2 aliphatic rings. The summed E-state index contributed by atoms with van der Waals surface area (Å²) in [7, 11) is 3.48. The van der Waals surface area contributed by atoms with Crippen molar-refractivity contribution in [2.24, 2.45) is 13.0 Å². The van der Waals surface area contributed by atoms with Gasteiger partial charge in [0.1, 0.15) is 11.6 Å². The van der Waals surface area contributed by atoms with Crippen molar-refractivity contribution in [2.75, 3.05) is 33.2 Å². The summed E-state index contributed by atoms with van der Waals surface area (Å²) >= 11 is 0. The molecule has 0 radical (unpaired) electrons. The second-order valence-electron chi connectivity index (χ2n) is 11.5. The Morgan fingerprint density at radius 1 is 1.15 bits per heavy atom. The minimum Gasteiger partial charge on any atom is -0.444 e.